The first-order chi connectivity index (χ1) is 21.4. The third-order valence-electron chi connectivity index (χ3n) is 9.76. The molecule has 2 aromatic rings. The predicted molar refractivity (Wildman–Crippen MR) is 169 cm³/mol. The van der Waals surface area contributed by atoms with Crippen LogP contribution in [0.3, 0.4) is 0 Å². The van der Waals surface area contributed by atoms with Crippen LogP contribution in [0.4, 0.5) is 15.9 Å². The molecule has 3 aliphatic carbocycles. The number of halogens is 1. The highest BCUT2D eigenvalue weighted by Crippen LogP contribution is 2.41. The third-order valence-corrected chi connectivity index (χ3v) is 9.76. The van der Waals surface area contributed by atoms with Crippen LogP contribution in [0.2, 0.25) is 0 Å². The molecule has 7 rings (SSSR count). The molecular weight excluding hydrogens is 559 g/mol. The number of hydrogen-bond acceptors (Lipinski definition) is 7. The van der Waals surface area contributed by atoms with Gasteiger partial charge in [0, 0.05) is 58.3 Å². The van der Waals surface area contributed by atoms with Crippen molar-refractivity contribution in [3.05, 3.63) is 80.9 Å². The van der Waals surface area contributed by atoms with Crippen LogP contribution >= 0.6 is 0 Å². The average Bonchev–Trinajstić information content (AvgIpc) is 3.89. The number of carbonyl (C=O) groups excluding carboxylic acids is 1. The van der Waals surface area contributed by atoms with Gasteiger partial charge in [0.05, 0.1) is 29.4 Å². The van der Waals surface area contributed by atoms with Crippen LogP contribution in [0, 0.1) is 23.7 Å². The number of aromatic nitrogens is 2. The molecule has 1 saturated heterocycles. The fourth-order valence-corrected chi connectivity index (χ4v) is 7.20. The Labute approximate surface area is 255 Å². The van der Waals surface area contributed by atoms with Gasteiger partial charge in [-0.2, -0.15) is 0 Å². The molecule has 2 aliphatic heterocycles. The summed E-state index contributed by atoms with van der Waals surface area (Å²) in [6.07, 6.45) is 14.5. The molecule has 3 N–H and O–H groups in total. The Kier molecular flexibility index (Phi) is 7.72. The van der Waals surface area contributed by atoms with Gasteiger partial charge in [0.15, 0.2) is 0 Å². The number of nitrogens with zero attached hydrogens (tertiary/aromatic N) is 4. The Morgan fingerprint density at radius 1 is 1.11 bits per heavy atom. The Hall–Kier alpha value is -4.02. The third kappa shape index (κ3) is 5.41. The minimum atomic E-state index is -0.402. The maximum Gasteiger partial charge on any atom is 0.269 e. The smallest absolute Gasteiger partial charge is 0.269 e. The summed E-state index contributed by atoms with van der Waals surface area (Å²) in [5, 5.41) is 18.0. The molecular formula is C34H39FN6O3. The van der Waals surface area contributed by atoms with Gasteiger partial charge in [-0.15, -0.1) is 0 Å². The number of anilines is 2. The van der Waals surface area contributed by atoms with Gasteiger partial charge in [-0.25, -0.2) is 9.37 Å². The Morgan fingerprint density at radius 3 is 2.66 bits per heavy atom. The van der Waals surface area contributed by atoms with Crippen molar-refractivity contribution in [3.63, 3.8) is 0 Å². The Morgan fingerprint density at radius 2 is 1.93 bits per heavy atom. The first kappa shape index (κ1) is 28.7. The number of piperazine rings is 1. The van der Waals surface area contributed by atoms with Crippen LogP contribution in [0.15, 0.2) is 64.9 Å². The van der Waals surface area contributed by atoms with E-state index in [9.17, 15) is 14.7 Å². The zero-order chi connectivity index (χ0) is 30.4. The molecule has 230 valence electrons. The van der Waals surface area contributed by atoms with E-state index in [2.05, 4.69) is 26.6 Å². The summed E-state index contributed by atoms with van der Waals surface area (Å²) < 4.78 is 16.8. The molecule has 0 bridgehead atoms. The van der Waals surface area contributed by atoms with Gasteiger partial charge >= 0.3 is 0 Å². The van der Waals surface area contributed by atoms with Crippen molar-refractivity contribution in [2.45, 2.75) is 25.7 Å². The predicted octanol–water partition coefficient (Wildman–Crippen LogP) is 1.80. The lowest BCUT2D eigenvalue weighted by Gasteiger charge is -2.36. The van der Waals surface area contributed by atoms with Crippen molar-refractivity contribution in [2.24, 2.45) is 23.7 Å². The fourth-order valence-electron chi connectivity index (χ4n) is 7.20. The molecule has 1 amide bonds. The number of hydrogen-bond donors (Lipinski definition) is 3. The molecule has 5 aliphatic rings. The minimum Gasteiger partial charge on any atom is -0.392 e. The molecule has 3 atom stereocenters. The zero-order valence-corrected chi connectivity index (χ0v) is 25.0. The highest BCUT2D eigenvalue weighted by Gasteiger charge is 2.35. The molecule has 1 unspecified atom stereocenters. The summed E-state index contributed by atoms with van der Waals surface area (Å²) in [6.45, 7) is 3.93. The number of aliphatic hydroxyl groups excluding tert-OH is 1. The lowest BCUT2D eigenvalue weighted by atomic mass is 9.78. The van der Waals surface area contributed by atoms with Gasteiger partial charge < -0.3 is 25.5 Å². The molecule has 10 heteroatoms. The standard InChI is InChI=1S/C34H39FN6O3/c1-39-19-24(17-29(33(39)43)38-31-8-7-25(18-37-31)40-13-10-36-11-14-40)26-3-2-4-30(27(26)20-42)41-12-9-22-15-23(21-5-6-21)16-28(35)32(22)34(41)44/h2,4,7-9,12,15,17-18,21,23-24,26,36,42H,3,5-6,10-11,13-14,16,19-20H2,1H3,(H,37,38)/t23?,24-,26-/m0/s1. The summed E-state index contributed by atoms with van der Waals surface area (Å²) in [4.78, 5) is 35.4. The van der Waals surface area contributed by atoms with Crippen molar-refractivity contribution >= 4 is 35.0 Å². The number of pyridine rings is 2. The maximum absolute atomic E-state index is 15.3. The molecule has 0 spiro atoms. The van der Waals surface area contributed by atoms with Gasteiger partial charge in [-0.3, -0.25) is 14.2 Å². The van der Waals surface area contributed by atoms with E-state index in [1.807, 2.05) is 42.6 Å². The number of allylic oxidation sites excluding steroid dienone is 3. The summed E-state index contributed by atoms with van der Waals surface area (Å²) in [7, 11) is 1.77. The van der Waals surface area contributed by atoms with Gasteiger partial charge in [0.2, 0.25) is 0 Å². The highest BCUT2D eigenvalue weighted by atomic mass is 19.1. The van der Waals surface area contributed by atoms with Crippen molar-refractivity contribution in [1.82, 2.24) is 19.8 Å². The SMILES string of the molecule is CN1C[C@@H]([C@@H]2CC=CC(n3ccc4c(c3=O)=C(F)CC(C3CC3)C=4)=C2CO)C=C(Nc2ccc(N3CCNCC3)cn2)C1=O. The van der Waals surface area contributed by atoms with Gasteiger partial charge in [-0.05, 0) is 78.2 Å². The van der Waals surface area contributed by atoms with E-state index >= 15 is 4.39 Å². The zero-order valence-electron chi connectivity index (χ0n) is 25.0. The number of rotatable bonds is 7. The quantitative estimate of drug-likeness (QED) is 0.447. The van der Waals surface area contributed by atoms with Crippen LogP contribution in [-0.4, -0.2) is 71.8 Å². The molecule has 0 aromatic carbocycles. The van der Waals surface area contributed by atoms with Crippen LogP contribution in [0.1, 0.15) is 25.7 Å². The number of carbonyl (C=O) groups is 1. The molecule has 9 nitrogen and oxygen atoms in total. The highest BCUT2D eigenvalue weighted by molar-refractivity contribution is 5.96. The maximum atomic E-state index is 15.3. The van der Waals surface area contributed by atoms with Gasteiger partial charge in [-0.1, -0.05) is 12.2 Å². The number of fused-ring (bicyclic) bond motifs is 1. The minimum absolute atomic E-state index is 0.119. The number of nitrogens with one attached hydrogen (secondary N) is 2. The van der Waals surface area contributed by atoms with E-state index in [1.165, 1.54) is 4.57 Å². The number of aliphatic hydroxyl groups is 1. The summed E-state index contributed by atoms with van der Waals surface area (Å²) in [5.74, 6) is 0.506. The molecule has 4 heterocycles. The normalized spacial score (nSPS) is 25.5. The lowest BCUT2D eigenvalue weighted by molar-refractivity contribution is -0.127. The Balaban J connectivity index is 1.18. The van der Waals surface area contributed by atoms with E-state index in [-0.39, 0.29) is 47.7 Å². The van der Waals surface area contributed by atoms with E-state index in [0.717, 1.165) is 44.7 Å². The average molecular weight is 599 g/mol. The van der Waals surface area contributed by atoms with Crippen molar-refractivity contribution < 1.29 is 14.3 Å². The van der Waals surface area contributed by atoms with Gasteiger partial charge in [0.25, 0.3) is 11.5 Å². The van der Waals surface area contributed by atoms with Crippen molar-refractivity contribution in [1.29, 1.82) is 0 Å². The van der Waals surface area contributed by atoms with Gasteiger partial charge in [0.1, 0.15) is 17.3 Å². The first-order valence-corrected chi connectivity index (χ1v) is 15.7. The van der Waals surface area contributed by atoms with Crippen LogP contribution in [0.25, 0.3) is 17.6 Å². The van der Waals surface area contributed by atoms with Crippen molar-refractivity contribution in [3.8, 4) is 0 Å². The van der Waals surface area contributed by atoms with Crippen LogP contribution < -0.4 is 31.5 Å². The van der Waals surface area contributed by atoms with E-state index in [4.69, 9.17) is 0 Å². The van der Waals surface area contributed by atoms with E-state index in [1.54, 1.807) is 18.1 Å². The molecule has 1 saturated carbocycles. The van der Waals surface area contributed by atoms with Crippen LogP contribution in [0.5, 0.6) is 0 Å². The first-order valence-electron chi connectivity index (χ1n) is 15.7. The largest absolute Gasteiger partial charge is 0.392 e. The lowest BCUT2D eigenvalue weighted by Crippen LogP contribution is -2.48. The summed E-state index contributed by atoms with van der Waals surface area (Å²) in [5.41, 5.74) is 2.35. The van der Waals surface area contributed by atoms with E-state index < -0.39 is 5.56 Å². The second-order valence-electron chi connectivity index (χ2n) is 12.6. The number of amides is 1. The molecule has 2 aromatic heterocycles. The summed E-state index contributed by atoms with van der Waals surface area (Å²) >= 11 is 0. The molecule has 2 fully saturated rings. The number of likely N-dealkylation sites (N-methyl/N-ethyl adjacent to an activating group) is 1. The molecule has 44 heavy (non-hydrogen) atoms. The second kappa shape index (κ2) is 11.8. The van der Waals surface area contributed by atoms with Crippen molar-refractivity contribution in [2.75, 3.05) is 56.6 Å². The topological polar surface area (TPSA) is 103 Å². The summed E-state index contributed by atoms with van der Waals surface area (Å²) in [6, 6.07) is 5.72. The van der Waals surface area contributed by atoms with Crippen LogP contribution in [-0.2, 0) is 4.79 Å². The monoisotopic (exact) mass is 598 g/mol. The fraction of sp³-hybridized carbons (Fsp3) is 0.441. The Bertz CT molecular complexity index is 1730. The van der Waals surface area contributed by atoms with E-state index in [0.29, 0.717) is 46.9 Å². The second-order valence-corrected chi connectivity index (χ2v) is 12.6. The molecule has 0 radical (unpaired) electrons.